The molecule has 0 aliphatic heterocycles. The molecule has 0 saturated heterocycles. The number of amides is 1. The largest absolute Gasteiger partial charge is 0.490 e. The van der Waals surface area contributed by atoms with Crippen LogP contribution in [-0.2, 0) is 10.0 Å². The van der Waals surface area contributed by atoms with Gasteiger partial charge in [-0.05, 0) is 25.1 Å². The van der Waals surface area contributed by atoms with Gasteiger partial charge >= 0.3 is 0 Å². The number of para-hydroxylation sites is 2. The predicted octanol–water partition coefficient (Wildman–Crippen LogP) is 2.85. The quantitative estimate of drug-likeness (QED) is 0.844. The fraction of sp³-hybridized carbons (Fsp3) is 0.188. The van der Waals surface area contributed by atoms with Crippen LogP contribution in [0.3, 0.4) is 0 Å². The third-order valence-electron chi connectivity index (χ3n) is 2.91. The fourth-order valence-electron chi connectivity index (χ4n) is 1.93. The second-order valence-electron chi connectivity index (χ2n) is 4.95. The Balaban J connectivity index is 2.33. The van der Waals surface area contributed by atoms with Crippen LogP contribution in [0.2, 0.25) is 0 Å². The Hall–Kier alpha value is -2.68. The summed E-state index contributed by atoms with van der Waals surface area (Å²) in [6.07, 6.45) is 0.724. The Labute approximate surface area is 143 Å². The number of halogens is 2. The van der Waals surface area contributed by atoms with Crippen LogP contribution in [0.25, 0.3) is 0 Å². The zero-order valence-corrected chi connectivity index (χ0v) is 14.2. The molecule has 25 heavy (non-hydrogen) atoms. The Morgan fingerprint density at radius 3 is 2.32 bits per heavy atom. The van der Waals surface area contributed by atoms with Crippen molar-refractivity contribution in [1.82, 2.24) is 4.72 Å². The first-order valence-corrected chi connectivity index (χ1v) is 9.01. The highest BCUT2D eigenvalue weighted by atomic mass is 32.2. The number of ether oxygens (including phenoxy) is 2. The summed E-state index contributed by atoms with van der Waals surface area (Å²) in [5.74, 6) is -3.42. The average molecular weight is 371 g/mol. The van der Waals surface area contributed by atoms with Gasteiger partial charge in [0.1, 0.15) is 5.82 Å². The molecular formula is C16H15F2NO5S. The number of rotatable bonds is 6. The Bertz CT molecular complexity index is 899. The van der Waals surface area contributed by atoms with Gasteiger partial charge < -0.3 is 9.47 Å². The van der Waals surface area contributed by atoms with Crippen molar-refractivity contribution in [1.29, 1.82) is 0 Å². The van der Waals surface area contributed by atoms with Crippen molar-refractivity contribution in [3.63, 3.8) is 0 Å². The summed E-state index contributed by atoms with van der Waals surface area (Å²) < 4.78 is 62.5. The van der Waals surface area contributed by atoms with Crippen molar-refractivity contribution in [2.24, 2.45) is 0 Å². The number of carbonyl (C=O) groups is 1. The Kier molecular flexibility index (Phi) is 5.58. The van der Waals surface area contributed by atoms with Gasteiger partial charge in [-0.15, -0.1) is 0 Å². The minimum absolute atomic E-state index is 0.163. The highest BCUT2D eigenvalue weighted by Gasteiger charge is 2.20. The number of hydrogen-bond donors (Lipinski definition) is 1. The molecule has 9 heteroatoms. The molecule has 134 valence electrons. The highest BCUT2D eigenvalue weighted by Crippen LogP contribution is 2.33. The lowest BCUT2D eigenvalue weighted by Gasteiger charge is -2.13. The molecule has 2 aromatic rings. The van der Waals surface area contributed by atoms with Crippen LogP contribution in [0.15, 0.2) is 36.4 Å². The first-order valence-electron chi connectivity index (χ1n) is 7.12. The number of nitrogens with one attached hydrogen (secondary N) is 1. The van der Waals surface area contributed by atoms with Crippen LogP contribution < -0.4 is 14.2 Å². The molecule has 0 spiro atoms. The van der Waals surface area contributed by atoms with Crippen molar-refractivity contribution in [2.75, 3.05) is 12.9 Å². The lowest BCUT2D eigenvalue weighted by Crippen LogP contribution is -2.30. The van der Waals surface area contributed by atoms with E-state index in [0.29, 0.717) is 24.5 Å². The van der Waals surface area contributed by atoms with Crippen LogP contribution in [-0.4, -0.2) is 27.2 Å². The van der Waals surface area contributed by atoms with Gasteiger partial charge in [0, 0.05) is 6.07 Å². The predicted molar refractivity (Wildman–Crippen MR) is 86.4 cm³/mol. The van der Waals surface area contributed by atoms with E-state index >= 15 is 0 Å². The number of benzene rings is 2. The molecule has 6 nitrogen and oxygen atoms in total. The van der Waals surface area contributed by atoms with Crippen LogP contribution >= 0.6 is 0 Å². The van der Waals surface area contributed by atoms with Crippen molar-refractivity contribution in [3.8, 4) is 17.2 Å². The third kappa shape index (κ3) is 4.90. The summed E-state index contributed by atoms with van der Waals surface area (Å²) in [5, 5.41) is 0. The molecule has 2 rings (SSSR count). The normalized spacial score (nSPS) is 11.0. The first kappa shape index (κ1) is 18.7. The van der Waals surface area contributed by atoms with E-state index in [4.69, 9.17) is 9.47 Å². The molecule has 0 aliphatic carbocycles. The number of carbonyl (C=O) groups excluding carboxylic acids is 1. The van der Waals surface area contributed by atoms with E-state index in [0.717, 1.165) is 6.26 Å². The average Bonchev–Trinajstić information content (AvgIpc) is 2.51. The zero-order chi connectivity index (χ0) is 18.6. The topological polar surface area (TPSA) is 81.7 Å². The van der Waals surface area contributed by atoms with E-state index in [1.807, 2.05) is 0 Å². The summed E-state index contributed by atoms with van der Waals surface area (Å²) in [7, 11) is -3.91. The van der Waals surface area contributed by atoms with Crippen LogP contribution in [0, 0.1) is 11.6 Å². The molecule has 0 saturated carbocycles. The van der Waals surface area contributed by atoms with Gasteiger partial charge in [0.2, 0.25) is 10.0 Å². The SMILES string of the molecule is CCOc1ccccc1Oc1cc(F)c(C(=O)NS(C)(=O)=O)cc1F. The number of sulfonamides is 1. The molecule has 0 unspecified atom stereocenters. The van der Waals surface area contributed by atoms with E-state index in [1.165, 1.54) is 6.07 Å². The molecule has 1 N–H and O–H groups in total. The minimum Gasteiger partial charge on any atom is -0.490 e. The Morgan fingerprint density at radius 1 is 1.08 bits per heavy atom. The van der Waals surface area contributed by atoms with Gasteiger partial charge in [-0.1, -0.05) is 12.1 Å². The highest BCUT2D eigenvalue weighted by molar-refractivity contribution is 7.89. The fourth-order valence-corrected chi connectivity index (χ4v) is 2.38. The standard InChI is InChI=1S/C16H15F2NO5S/c1-3-23-13-6-4-5-7-14(13)24-15-9-11(17)10(8-12(15)18)16(20)19-25(2,21)22/h4-9H,3H2,1-2H3,(H,19,20). The van der Waals surface area contributed by atoms with Crippen LogP contribution in [0.1, 0.15) is 17.3 Å². The molecule has 0 aromatic heterocycles. The second kappa shape index (κ2) is 7.47. The molecule has 2 aromatic carbocycles. The van der Waals surface area contributed by atoms with Crippen molar-refractivity contribution < 1.29 is 31.5 Å². The molecule has 0 radical (unpaired) electrons. The molecule has 0 aliphatic rings. The maximum Gasteiger partial charge on any atom is 0.267 e. The lowest BCUT2D eigenvalue weighted by molar-refractivity contribution is 0.0977. The smallest absolute Gasteiger partial charge is 0.267 e. The molecule has 1 amide bonds. The van der Waals surface area contributed by atoms with E-state index in [9.17, 15) is 22.0 Å². The third-order valence-corrected chi connectivity index (χ3v) is 3.47. The van der Waals surface area contributed by atoms with Gasteiger partial charge in [0.15, 0.2) is 23.1 Å². The molecule has 0 fully saturated rings. The van der Waals surface area contributed by atoms with E-state index in [1.54, 1.807) is 29.8 Å². The monoisotopic (exact) mass is 371 g/mol. The second-order valence-corrected chi connectivity index (χ2v) is 6.70. The number of hydrogen-bond acceptors (Lipinski definition) is 5. The van der Waals surface area contributed by atoms with Gasteiger partial charge in [-0.3, -0.25) is 4.79 Å². The molecule has 0 bridgehead atoms. The van der Waals surface area contributed by atoms with E-state index < -0.39 is 38.9 Å². The van der Waals surface area contributed by atoms with Gasteiger partial charge in [-0.2, -0.15) is 0 Å². The minimum atomic E-state index is -3.91. The summed E-state index contributed by atoms with van der Waals surface area (Å²) in [6, 6.07) is 7.64. The van der Waals surface area contributed by atoms with Crippen LogP contribution in [0.4, 0.5) is 8.78 Å². The zero-order valence-electron chi connectivity index (χ0n) is 13.4. The Morgan fingerprint density at radius 2 is 1.72 bits per heavy atom. The van der Waals surface area contributed by atoms with Crippen molar-refractivity contribution >= 4 is 15.9 Å². The summed E-state index contributed by atoms with van der Waals surface area (Å²) in [4.78, 5) is 11.7. The summed E-state index contributed by atoms with van der Waals surface area (Å²) in [5.41, 5.74) is -0.756. The van der Waals surface area contributed by atoms with Gasteiger partial charge in [-0.25, -0.2) is 21.9 Å². The molecule has 0 heterocycles. The molecular weight excluding hydrogens is 356 g/mol. The van der Waals surface area contributed by atoms with E-state index in [-0.39, 0.29) is 5.75 Å². The van der Waals surface area contributed by atoms with E-state index in [2.05, 4.69) is 0 Å². The van der Waals surface area contributed by atoms with Gasteiger partial charge in [0.25, 0.3) is 5.91 Å². The maximum atomic E-state index is 14.2. The lowest BCUT2D eigenvalue weighted by atomic mass is 10.2. The molecule has 0 atom stereocenters. The van der Waals surface area contributed by atoms with Gasteiger partial charge in [0.05, 0.1) is 18.4 Å². The summed E-state index contributed by atoms with van der Waals surface area (Å²) in [6.45, 7) is 2.11. The summed E-state index contributed by atoms with van der Waals surface area (Å²) >= 11 is 0. The first-order chi connectivity index (χ1) is 11.7. The van der Waals surface area contributed by atoms with Crippen molar-refractivity contribution in [2.45, 2.75) is 6.92 Å². The maximum absolute atomic E-state index is 14.2. The van der Waals surface area contributed by atoms with Crippen LogP contribution in [0.5, 0.6) is 17.2 Å². The van der Waals surface area contributed by atoms with Crippen molar-refractivity contribution in [3.05, 3.63) is 53.6 Å².